The Labute approximate surface area is 128 Å². The van der Waals surface area contributed by atoms with Crippen molar-refractivity contribution in [2.45, 2.75) is 31.9 Å². The first-order valence-corrected chi connectivity index (χ1v) is 8.57. The quantitative estimate of drug-likeness (QED) is 0.856. The Morgan fingerprint density at radius 2 is 2.42 bits per heavy atom. The molecule has 0 aliphatic carbocycles. The van der Waals surface area contributed by atoms with Gasteiger partial charge in [-0.25, -0.2) is 0 Å². The van der Waals surface area contributed by atoms with E-state index in [1.54, 1.807) is 0 Å². The Balaban J connectivity index is 1.97. The molecule has 1 aliphatic heterocycles. The van der Waals surface area contributed by atoms with Gasteiger partial charge in [0.1, 0.15) is 0 Å². The molecule has 108 valence electrons. The summed E-state index contributed by atoms with van der Waals surface area (Å²) in [5, 5.41) is 3.66. The summed E-state index contributed by atoms with van der Waals surface area (Å²) in [6.45, 7) is 6.18. The van der Waals surface area contributed by atoms with Crippen LogP contribution in [0.1, 0.15) is 18.2 Å². The molecule has 0 bridgehead atoms. The molecule has 2 atom stereocenters. The lowest BCUT2D eigenvalue weighted by atomic mass is 10.0. The van der Waals surface area contributed by atoms with Gasteiger partial charge >= 0.3 is 0 Å². The first kappa shape index (κ1) is 15.4. The fraction of sp³-hybridized carbons (Fsp3) is 0.714. The van der Waals surface area contributed by atoms with Crippen molar-refractivity contribution in [1.29, 1.82) is 0 Å². The summed E-state index contributed by atoms with van der Waals surface area (Å²) in [4.78, 5) is 3.77. The predicted molar refractivity (Wildman–Crippen MR) is 85.0 cm³/mol. The van der Waals surface area contributed by atoms with E-state index >= 15 is 0 Å². The number of halogens is 1. The molecule has 1 saturated heterocycles. The van der Waals surface area contributed by atoms with Crippen LogP contribution in [0, 0.1) is 0 Å². The second kappa shape index (κ2) is 7.74. The van der Waals surface area contributed by atoms with Crippen molar-refractivity contribution in [1.82, 2.24) is 10.2 Å². The molecule has 1 N–H and O–H groups in total. The third-order valence-corrected chi connectivity index (χ3v) is 5.10. The van der Waals surface area contributed by atoms with E-state index in [0.29, 0.717) is 12.1 Å². The van der Waals surface area contributed by atoms with Crippen LogP contribution in [0.5, 0.6) is 0 Å². The predicted octanol–water partition coefficient (Wildman–Crippen LogP) is 2.75. The van der Waals surface area contributed by atoms with Crippen LogP contribution >= 0.6 is 27.3 Å². The zero-order chi connectivity index (χ0) is 13.7. The molecule has 0 spiro atoms. The van der Waals surface area contributed by atoms with Gasteiger partial charge in [-0.05, 0) is 54.5 Å². The van der Waals surface area contributed by atoms with Gasteiger partial charge in [-0.3, -0.25) is 0 Å². The molecule has 2 rings (SSSR count). The molecule has 0 amide bonds. The van der Waals surface area contributed by atoms with Crippen molar-refractivity contribution < 1.29 is 4.74 Å². The lowest BCUT2D eigenvalue weighted by Gasteiger charge is -2.35. The van der Waals surface area contributed by atoms with Crippen LogP contribution in [-0.2, 0) is 11.2 Å². The number of thiophene rings is 1. The molecule has 3 nitrogen and oxygen atoms in total. The largest absolute Gasteiger partial charge is 0.374 e. The average Bonchev–Trinajstić information content (AvgIpc) is 2.80. The van der Waals surface area contributed by atoms with Gasteiger partial charge in [0.15, 0.2) is 0 Å². The summed E-state index contributed by atoms with van der Waals surface area (Å²) in [6.07, 6.45) is 2.51. The summed E-state index contributed by atoms with van der Waals surface area (Å²) >= 11 is 5.36. The zero-order valence-corrected chi connectivity index (χ0v) is 14.1. The van der Waals surface area contributed by atoms with Crippen LogP contribution in [-0.4, -0.2) is 50.3 Å². The van der Waals surface area contributed by atoms with Crippen LogP contribution in [0.25, 0.3) is 0 Å². The number of rotatable bonds is 6. The second-order valence-electron chi connectivity index (χ2n) is 5.14. The first-order valence-electron chi connectivity index (χ1n) is 6.96. The molecule has 0 saturated carbocycles. The maximum absolute atomic E-state index is 5.98. The minimum Gasteiger partial charge on any atom is -0.374 e. The second-order valence-corrected chi connectivity index (χ2v) is 7.69. The Morgan fingerprint density at radius 1 is 1.58 bits per heavy atom. The summed E-state index contributed by atoms with van der Waals surface area (Å²) in [6, 6.07) is 4.75. The van der Waals surface area contributed by atoms with Crippen LogP contribution in [0.3, 0.4) is 0 Å². The van der Waals surface area contributed by atoms with Crippen LogP contribution < -0.4 is 5.32 Å². The number of ether oxygens (including phenoxy) is 1. The van der Waals surface area contributed by atoms with Gasteiger partial charge in [0.25, 0.3) is 0 Å². The van der Waals surface area contributed by atoms with E-state index in [1.807, 2.05) is 11.3 Å². The maximum atomic E-state index is 5.98. The minimum absolute atomic E-state index is 0.297. The number of likely N-dealkylation sites (N-methyl/N-ethyl adjacent to an activating group) is 1. The lowest BCUT2D eigenvalue weighted by Crippen LogP contribution is -2.52. The van der Waals surface area contributed by atoms with E-state index in [0.717, 1.165) is 39.1 Å². The molecule has 19 heavy (non-hydrogen) atoms. The molecule has 1 aliphatic rings. The van der Waals surface area contributed by atoms with E-state index in [-0.39, 0.29) is 0 Å². The minimum atomic E-state index is 0.297. The Kier molecular flexibility index (Phi) is 6.29. The van der Waals surface area contributed by atoms with E-state index in [2.05, 4.69) is 52.3 Å². The highest BCUT2D eigenvalue weighted by atomic mass is 79.9. The average molecular weight is 347 g/mol. The van der Waals surface area contributed by atoms with Gasteiger partial charge in [0, 0.05) is 24.0 Å². The van der Waals surface area contributed by atoms with Crippen LogP contribution in [0.4, 0.5) is 0 Å². The lowest BCUT2D eigenvalue weighted by molar-refractivity contribution is -0.0382. The maximum Gasteiger partial charge on any atom is 0.0858 e. The Hall–Kier alpha value is 0.0600. The summed E-state index contributed by atoms with van der Waals surface area (Å²) in [5.74, 6) is 0. The number of nitrogens with zero attached hydrogens (tertiary/aromatic N) is 1. The Morgan fingerprint density at radius 3 is 3.05 bits per heavy atom. The van der Waals surface area contributed by atoms with Gasteiger partial charge in [0.05, 0.1) is 16.5 Å². The van der Waals surface area contributed by atoms with Crippen molar-refractivity contribution in [2.24, 2.45) is 0 Å². The molecule has 5 heteroatoms. The zero-order valence-electron chi connectivity index (χ0n) is 11.7. The number of nitrogens with one attached hydrogen (secondary N) is 1. The number of morpholine rings is 1. The van der Waals surface area contributed by atoms with E-state index in [4.69, 9.17) is 4.74 Å². The molecule has 0 radical (unpaired) electrons. The molecule has 2 unspecified atom stereocenters. The van der Waals surface area contributed by atoms with E-state index in [1.165, 1.54) is 8.66 Å². The number of hydrogen-bond donors (Lipinski definition) is 1. The van der Waals surface area contributed by atoms with Gasteiger partial charge < -0.3 is 15.0 Å². The molecule has 2 heterocycles. The van der Waals surface area contributed by atoms with Gasteiger partial charge in [-0.1, -0.05) is 6.92 Å². The Bertz CT molecular complexity index is 385. The van der Waals surface area contributed by atoms with Crippen LogP contribution in [0.2, 0.25) is 0 Å². The van der Waals surface area contributed by atoms with Crippen molar-refractivity contribution in [3.8, 4) is 0 Å². The van der Waals surface area contributed by atoms with Gasteiger partial charge in [-0.15, -0.1) is 11.3 Å². The third kappa shape index (κ3) is 4.83. The third-order valence-electron chi connectivity index (χ3n) is 3.45. The van der Waals surface area contributed by atoms with Crippen molar-refractivity contribution in [2.75, 3.05) is 33.3 Å². The highest BCUT2D eigenvalue weighted by Gasteiger charge is 2.26. The fourth-order valence-corrected chi connectivity index (χ4v) is 3.94. The summed E-state index contributed by atoms with van der Waals surface area (Å²) in [5.41, 5.74) is 0. The van der Waals surface area contributed by atoms with Crippen molar-refractivity contribution >= 4 is 27.3 Å². The molecular formula is C14H23BrN2OS. The topological polar surface area (TPSA) is 24.5 Å². The van der Waals surface area contributed by atoms with E-state index < -0.39 is 0 Å². The molecule has 1 aromatic rings. The standard InChI is InChI=1S/C14H23BrN2OS/c1-3-6-16-12(9-11-4-5-14(15)19-11)13-10-17(2)7-8-18-13/h4-5,12-13,16H,3,6-10H2,1-2H3. The highest BCUT2D eigenvalue weighted by Crippen LogP contribution is 2.24. The fourth-order valence-electron chi connectivity index (χ4n) is 2.40. The molecule has 1 fully saturated rings. The SMILES string of the molecule is CCCNC(Cc1ccc(Br)s1)C1CN(C)CCO1. The summed E-state index contributed by atoms with van der Waals surface area (Å²) < 4.78 is 7.18. The normalized spacial score (nSPS) is 22.6. The molecular weight excluding hydrogens is 324 g/mol. The van der Waals surface area contributed by atoms with Gasteiger partial charge in [0.2, 0.25) is 0 Å². The smallest absolute Gasteiger partial charge is 0.0858 e. The van der Waals surface area contributed by atoms with Crippen LogP contribution in [0.15, 0.2) is 15.9 Å². The van der Waals surface area contributed by atoms with Crippen molar-refractivity contribution in [3.05, 3.63) is 20.8 Å². The molecule has 1 aromatic heterocycles. The first-order chi connectivity index (χ1) is 9.19. The highest BCUT2D eigenvalue weighted by molar-refractivity contribution is 9.11. The number of hydrogen-bond acceptors (Lipinski definition) is 4. The monoisotopic (exact) mass is 346 g/mol. The molecule has 0 aromatic carbocycles. The van der Waals surface area contributed by atoms with Crippen molar-refractivity contribution in [3.63, 3.8) is 0 Å². The summed E-state index contributed by atoms with van der Waals surface area (Å²) in [7, 11) is 2.17. The van der Waals surface area contributed by atoms with E-state index in [9.17, 15) is 0 Å². The van der Waals surface area contributed by atoms with Gasteiger partial charge in [-0.2, -0.15) is 0 Å².